The van der Waals surface area contributed by atoms with E-state index in [9.17, 15) is 4.79 Å². The molecule has 0 spiro atoms. The number of hydrogen-bond donors (Lipinski definition) is 1. The van der Waals surface area contributed by atoms with Crippen molar-refractivity contribution in [3.05, 3.63) is 59.3 Å². The van der Waals surface area contributed by atoms with Crippen LogP contribution >= 0.6 is 0 Å². The molecule has 104 valence electrons. The first-order chi connectivity index (χ1) is 9.58. The number of anilines is 1. The predicted octanol–water partition coefficient (Wildman–Crippen LogP) is 2.77. The van der Waals surface area contributed by atoms with Gasteiger partial charge in [0.25, 0.3) is 0 Å². The Morgan fingerprint density at radius 2 is 2.00 bits per heavy atom. The highest BCUT2D eigenvalue weighted by Crippen LogP contribution is 2.13. The summed E-state index contributed by atoms with van der Waals surface area (Å²) in [6.07, 6.45) is 2.51. The van der Waals surface area contributed by atoms with Crippen molar-refractivity contribution in [2.24, 2.45) is 0 Å². The van der Waals surface area contributed by atoms with Gasteiger partial charge in [-0.15, -0.1) is 0 Å². The van der Waals surface area contributed by atoms with E-state index >= 15 is 0 Å². The van der Waals surface area contributed by atoms with Crippen LogP contribution in [0.1, 0.15) is 21.5 Å². The van der Waals surface area contributed by atoms with Crippen molar-refractivity contribution in [2.75, 3.05) is 18.5 Å². The van der Waals surface area contributed by atoms with Crippen molar-refractivity contribution >= 4 is 11.8 Å². The number of aryl methyl sites for hydroxylation is 1. The number of aromatic carboxylic acids is 1. The van der Waals surface area contributed by atoms with Crippen LogP contribution < -0.4 is 4.90 Å². The summed E-state index contributed by atoms with van der Waals surface area (Å²) in [4.78, 5) is 17.5. The summed E-state index contributed by atoms with van der Waals surface area (Å²) in [5.41, 5.74) is 2.34. The van der Waals surface area contributed by atoms with Crippen molar-refractivity contribution in [1.29, 1.82) is 0 Å². The third kappa shape index (κ3) is 3.35. The molecule has 1 N–H and O–H groups in total. The quantitative estimate of drug-likeness (QED) is 0.907. The average Bonchev–Trinajstić information content (AvgIpc) is 2.45. The van der Waals surface area contributed by atoms with Gasteiger partial charge < -0.3 is 10.0 Å². The van der Waals surface area contributed by atoms with Crippen LogP contribution in [0.5, 0.6) is 0 Å². The molecule has 0 bridgehead atoms. The number of rotatable bonds is 5. The maximum atomic E-state index is 11.1. The molecule has 0 unspecified atom stereocenters. The first kappa shape index (κ1) is 14.1. The second kappa shape index (κ2) is 6.19. The van der Waals surface area contributed by atoms with Crippen LogP contribution in [0, 0.1) is 6.92 Å². The molecule has 0 atom stereocenters. The molecule has 2 aromatic rings. The van der Waals surface area contributed by atoms with Crippen LogP contribution in [0.25, 0.3) is 0 Å². The zero-order chi connectivity index (χ0) is 14.5. The number of likely N-dealkylation sites (N-methyl/N-ethyl adjacent to an activating group) is 1. The van der Waals surface area contributed by atoms with Crippen LogP contribution in [0.4, 0.5) is 5.82 Å². The molecule has 4 nitrogen and oxygen atoms in total. The average molecular weight is 270 g/mol. The molecule has 1 heterocycles. The van der Waals surface area contributed by atoms with Crippen molar-refractivity contribution in [2.45, 2.75) is 13.3 Å². The minimum atomic E-state index is -0.878. The van der Waals surface area contributed by atoms with E-state index in [-0.39, 0.29) is 0 Å². The maximum absolute atomic E-state index is 11.1. The van der Waals surface area contributed by atoms with Gasteiger partial charge >= 0.3 is 5.97 Å². The van der Waals surface area contributed by atoms with Gasteiger partial charge in [0.05, 0.1) is 5.56 Å². The molecule has 0 radical (unpaired) electrons. The van der Waals surface area contributed by atoms with E-state index < -0.39 is 5.97 Å². The van der Waals surface area contributed by atoms with Crippen LogP contribution in [-0.4, -0.2) is 29.7 Å². The van der Waals surface area contributed by atoms with Gasteiger partial charge in [-0.2, -0.15) is 0 Å². The number of nitrogens with zero attached hydrogens (tertiary/aromatic N) is 2. The molecular weight excluding hydrogens is 252 g/mol. The molecule has 0 aliphatic heterocycles. The molecule has 0 saturated heterocycles. The summed E-state index contributed by atoms with van der Waals surface area (Å²) >= 11 is 0. The van der Waals surface area contributed by atoms with Crippen LogP contribution in [0.2, 0.25) is 0 Å². The van der Waals surface area contributed by atoms with E-state index in [4.69, 9.17) is 5.11 Å². The SMILES string of the molecule is Cc1ccc(N(C)CCc2ccccc2C(=O)O)nc1. The fraction of sp³-hybridized carbons (Fsp3) is 0.250. The van der Waals surface area contributed by atoms with Gasteiger partial charge in [-0.1, -0.05) is 24.3 Å². The third-order valence-electron chi connectivity index (χ3n) is 3.25. The molecule has 0 fully saturated rings. The summed E-state index contributed by atoms with van der Waals surface area (Å²) < 4.78 is 0. The molecule has 0 saturated carbocycles. The summed E-state index contributed by atoms with van der Waals surface area (Å²) in [6.45, 7) is 2.72. The maximum Gasteiger partial charge on any atom is 0.335 e. The Morgan fingerprint density at radius 1 is 1.25 bits per heavy atom. The first-order valence-corrected chi connectivity index (χ1v) is 6.53. The standard InChI is InChI=1S/C16H18N2O2/c1-12-7-8-15(17-11-12)18(2)10-9-13-5-3-4-6-14(13)16(19)20/h3-8,11H,9-10H2,1-2H3,(H,19,20). The van der Waals surface area contributed by atoms with E-state index in [0.29, 0.717) is 12.0 Å². The van der Waals surface area contributed by atoms with E-state index in [1.165, 1.54) is 0 Å². The minimum Gasteiger partial charge on any atom is -0.478 e. The Hall–Kier alpha value is -2.36. The highest BCUT2D eigenvalue weighted by Gasteiger charge is 2.10. The highest BCUT2D eigenvalue weighted by molar-refractivity contribution is 5.89. The molecule has 4 heteroatoms. The van der Waals surface area contributed by atoms with Gasteiger partial charge in [0.1, 0.15) is 5.82 Å². The van der Waals surface area contributed by atoms with Gasteiger partial charge in [-0.25, -0.2) is 9.78 Å². The van der Waals surface area contributed by atoms with Crippen LogP contribution in [0.15, 0.2) is 42.6 Å². The molecule has 0 aliphatic rings. The summed E-state index contributed by atoms with van der Waals surface area (Å²) in [5, 5.41) is 9.15. The molecule has 2 rings (SSSR count). The fourth-order valence-electron chi connectivity index (χ4n) is 2.04. The highest BCUT2D eigenvalue weighted by atomic mass is 16.4. The Labute approximate surface area is 118 Å². The second-order valence-corrected chi connectivity index (χ2v) is 4.83. The minimum absolute atomic E-state index is 0.373. The number of carboxylic acids is 1. The Morgan fingerprint density at radius 3 is 2.65 bits per heavy atom. The number of aromatic nitrogens is 1. The normalized spacial score (nSPS) is 10.3. The lowest BCUT2D eigenvalue weighted by atomic mass is 10.0. The molecule has 0 aliphatic carbocycles. The lowest BCUT2D eigenvalue weighted by Gasteiger charge is -2.18. The van der Waals surface area contributed by atoms with E-state index in [1.54, 1.807) is 12.1 Å². The molecule has 1 aromatic carbocycles. The van der Waals surface area contributed by atoms with Crippen LogP contribution in [-0.2, 0) is 6.42 Å². The van der Waals surface area contributed by atoms with Crippen molar-refractivity contribution in [3.63, 3.8) is 0 Å². The zero-order valence-electron chi connectivity index (χ0n) is 11.7. The number of pyridine rings is 1. The van der Waals surface area contributed by atoms with Gasteiger partial charge in [0.2, 0.25) is 0 Å². The Balaban J connectivity index is 2.05. The van der Waals surface area contributed by atoms with Crippen LogP contribution in [0.3, 0.4) is 0 Å². The van der Waals surface area contributed by atoms with Crippen molar-refractivity contribution in [3.8, 4) is 0 Å². The topological polar surface area (TPSA) is 53.4 Å². The molecular formula is C16H18N2O2. The van der Waals surface area contributed by atoms with E-state index in [2.05, 4.69) is 4.98 Å². The Bertz CT molecular complexity index is 594. The second-order valence-electron chi connectivity index (χ2n) is 4.83. The summed E-state index contributed by atoms with van der Waals surface area (Å²) in [5.74, 6) is 0.0140. The van der Waals surface area contributed by atoms with E-state index in [1.807, 2.05) is 49.3 Å². The zero-order valence-corrected chi connectivity index (χ0v) is 11.7. The molecule has 20 heavy (non-hydrogen) atoms. The monoisotopic (exact) mass is 270 g/mol. The lowest BCUT2D eigenvalue weighted by Crippen LogP contribution is -2.22. The van der Waals surface area contributed by atoms with Gasteiger partial charge in [-0.05, 0) is 36.6 Å². The largest absolute Gasteiger partial charge is 0.478 e. The number of carboxylic acid groups (broad SMARTS) is 1. The summed E-state index contributed by atoms with van der Waals surface area (Å²) in [6, 6.07) is 11.1. The first-order valence-electron chi connectivity index (χ1n) is 6.53. The Kier molecular flexibility index (Phi) is 4.35. The van der Waals surface area contributed by atoms with E-state index in [0.717, 1.165) is 23.5 Å². The van der Waals surface area contributed by atoms with Gasteiger partial charge in [0.15, 0.2) is 0 Å². The number of benzene rings is 1. The van der Waals surface area contributed by atoms with Gasteiger partial charge in [-0.3, -0.25) is 0 Å². The van der Waals surface area contributed by atoms with Crippen molar-refractivity contribution in [1.82, 2.24) is 4.98 Å². The van der Waals surface area contributed by atoms with Crippen molar-refractivity contribution < 1.29 is 9.90 Å². The summed E-state index contributed by atoms with van der Waals surface area (Å²) in [7, 11) is 1.96. The number of carbonyl (C=O) groups is 1. The third-order valence-corrected chi connectivity index (χ3v) is 3.25. The molecule has 0 amide bonds. The fourth-order valence-corrected chi connectivity index (χ4v) is 2.04. The number of hydrogen-bond acceptors (Lipinski definition) is 3. The van der Waals surface area contributed by atoms with Gasteiger partial charge in [0, 0.05) is 19.8 Å². The smallest absolute Gasteiger partial charge is 0.335 e. The predicted molar refractivity (Wildman–Crippen MR) is 79.3 cm³/mol. The molecule has 1 aromatic heterocycles. The lowest BCUT2D eigenvalue weighted by molar-refractivity contribution is 0.0695.